The molecule has 5 nitrogen and oxygen atoms in total. The van der Waals surface area contributed by atoms with Crippen LogP contribution in [0.3, 0.4) is 0 Å². The Morgan fingerprint density at radius 3 is 2.33 bits per heavy atom. The smallest absolute Gasteiger partial charge is 0.223 e. The van der Waals surface area contributed by atoms with Crippen LogP contribution >= 0.6 is 0 Å². The summed E-state index contributed by atoms with van der Waals surface area (Å²) in [6.45, 7) is 3.31. The number of hydrogen-bond acceptors (Lipinski definition) is 4. The Kier molecular flexibility index (Phi) is 6.05. The lowest BCUT2D eigenvalue weighted by Crippen LogP contribution is -2.41. The van der Waals surface area contributed by atoms with E-state index in [4.69, 9.17) is 0 Å². The molecule has 6 heteroatoms. The summed E-state index contributed by atoms with van der Waals surface area (Å²) >= 11 is 0. The van der Waals surface area contributed by atoms with Gasteiger partial charge in [-0.25, -0.2) is 8.42 Å². The Hall–Kier alpha value is -0.620. The van der Waals surface area contributed by atoms with E-state index in [0.717, 1.165) is 45.3 Å². The second kappa shape index (κ2) is 7.58. The largest absolute Gasteiger partial charge is 0.356 e. The number of sulfone groups is 1. The van der Waals surface area contributed by atoms with E-state index >= 15 is 0 Å². The van der Waals surface area contributed by atoms with E-state index in [1.807, 2.05) is 0 Å². The first-order valence-corrected chi connectivity index (χ1v) is 10.2. The molecule has 2 rings (SSSR count). The Bertz CT molecular complexity index is 436. The Morgan fingerprint density at radius 2 is 1.76 bits per heavy atom. The van der Waals surface area contributed by atoms with Gasteiger partial charge in [-0.3, -0.25) is 4.79 Å². The molecular formula is C15H28N2O3S. The van der Waals surface area contributed by atoms with Gasteiger partial charge in [-0.2, -0.15) is 0 Å². The SMILES string of the molecule is CS(=O)(=O)CCN1CCC(CNC(=O)C2CCCC2)CC1. The van der Waals surface area contributed by atoms with Crippen LogP contribution in [0.1, 0.15) is 38.5 Å². The lowest BCUT2D eigenvalue weighted by Gasteiger charge is -2.32. The van der Waals surface area contributed by atoms with Crippen LogP contribution in [0.5, 0.6) is 0 Å². The van der Waals surface area contributed by atoms with Crippen molar-refractivity contribution >= 4 is 15.7 Å². The topological polar surface area (TPSA) is 66.5 Å². The molecule has 0 atom stereocenters. The quantitative estimate of drug-likeness (QED) is 0.795. The van der Waals surface area contributed by atoms with Gasteiger partial charge >= 0.3 is 0 Å². The van der Waals surface area contributed by atoms with Crippen LogP contribution in [0.15, 0.2) is 0 Å². The predicted molar refractivity (Wildman–Crippen MR) is 83.8 cm³/mol. The second-order valence-electron chi connectivity index (χ2n) is 6.64. The monoisotopic (exact) mass is 316 g/mol. The fourth-order valence-electron chi connectivity index (χ4n) is 3.29. The van der Waals surface area contributed by atoms with Gasteiger partial charge in [0, 0.05) is 25.3 Å². The van der Waals surface area contributed by atoms with Crippen molar-refractivity contribution in [3.8, 4) is 0 Å². The highest BCUT2D eigenvalue weighted by Gasteiger charge is 2.24. The van der Waals surface area contributed by atoms with E-state index in [9.17, 15) is 13.2 Å². The van der Waals surface area contributed by atoms with Crippen molar-refractivity contribution in [3.63, 3.8) is 0 Å². The third-order valence-corrected chi connectivity index (χ3v) is 5.70. The van der Waals surface area contributed by atoms with Gasteiger partial charge < -0.3 is 10.2 Å². The lowest BCUT2D eigenvalue weighted by molar-refractivity contribution is -0.125. The molecule has 0 radical (unpaired) electrons. The third-order valence-electron chi connectivity index (χ3n) is 4.78. The molecule has 122 valence electrons. The normalized spacial score (nSPS) is 22.5. The van der Waals surface area contributed by atoms with Gasteiger partial charge in [-0.05, 0) is 44.7 Å². The minimum atomic E-state index is -2.87. The third kappa shape index (κ3) is 5.94. The van der Waals surface area contributed by atoms with Gasteiger partial charge in [0.2, 0.25) is 5.91 Å². The van der Waals surface area contributed by atoms with Crippen LogP contribution in [0.2, 0.25) is 0 Å². The Balaban J connectivity index is 1.61. The molecule has 1 saturated carbocycles. The molecule has 1 N–H and O–H groups in total. The number of piperidine rings is 1. The van der Waals surface area contributed by atoms with Crippen LogP contribution in [0.4, 0.5) is 0 Å². The van der Waals surface area contributed by atoms with Crippen molar-refractivity contribution in [1.29, 1.82) is 0 Å². The molecule has 1 aliphatic carbocycles. The van der Waals surface area contributed by atoms with Crippen molar-refractivity contribution in [2.45, 2.75) is 38.5 Å². The first-order valence-electron chi connectivity index (χ1n) is 8.12. The molecule has 0 aromatic rings. The zero-order valence-corrected chi connectivity index (χ0v) is 13.8. The molecule has 1 amide bonds. The maximum atomic E-state index is 12.0. The number of carbonyl (C=O) groups excluding carboxylic acids is 1. The highest BCUT2D eigenvalue weighted by atomic mass is 32.2. The maximum absolute atomic E-state index is 12.0. The minimum absolute atomic E-state index is 0.243. The summed E-state index contributed by atoms with van der Waals surface area (Å²) in [7, 11) is -2.87. The maximum Gasteiger partial charge on any atom is 0.223 e. The molecule has 1 saturated heterocycles. The van der Waals surface area contributed by atoms with E-state index in [1.54, 1.807) is 0 Å². The van der Waals surface area contributed by atoms with Gasteiger partial charge in [0.15, 0.2) is 0 Å². The number of nitrogens with zero attached hydrogens (tertiary/aromatic N) is 1. The van der Waals surface area contributed by atoms with Crippen molar-refractivity contribution < 1.29 is 13.2 Å². The number of carbonyl (C=O) groups is 1. The van der Waals surface area contributed by atoms with Crippen LogP contribution in [-0.4, -0.2) is 57.4 Å². The summed E-state index contributed by atoms with van der Waals surface area (Å²) < 4.78 is 22.3. The summed E-state index contributed by atoms with van der Waals surface area (Å²) in [5, 5.41) is 3.11. The fourth-order valence-corrected chi connectivity index (χ4v) is 3.88. The molecule has 2 fully saturated rings. The average Bonchev–Trinajstić information content (AvgIpc) is 2.97. The lowest BCUT2D eigenvalue weighted by atomic mass is 9.96. The molecule has 21 heavy (non-hydrogen) atoms. The van der Waals surface area contributed by atoms with Gasteiger partial charge in [0.1, 0.15) is 9.84 Å². The summed E-state index contributed by atoms with van der Waals surface area (Å²) in [6, 6.07) is 0. The first-order chi connectivity index (χ1) is 9.94. The fraction of sp³-hybridized carbons (Fsp3) is 0.933. The van der Waals surface area contributed by atoms with E-state index in [0.29, 0.717) is 12.5 Å². The Labute approximate surface area is 128 Å². The average molecular weight is 316 g/mol. The van der Waals surface area contributed by atoms with Crippen LogP contribution < -0.4 is 5.32 Å². The van der Waals surface area contributed by atoms with Gasteiger partial charge in [0.05, 0.1) is 5.75 Å². The summed E-state index contributed by atoms with van der Waals surface area (Å²) in [4.78, 5) is 14.2. The van der Waals surface area contributed by atoms with Gasteiger partial charge in [-0.15, -0.1) is 0 Å². The van der Waals surface area contributed by atoms with Crippen LogP contribution in [-0.2, 0) is 14.6 Å². The number of nitrogens with one attached hydrogen (secondary N) is 1. The van der Waals surface area contributed by atoms with Crippen molar-refractivity contribution in [2.75, 3.05) is 38.2 Å². The van der Waals surface area contributed by atoms with Crippen molar-refractivity contribution in [1.82, 2.24) is 10.2 Å². The highest BCUT2D eigenvalue weighted by Crippen LogP contribution is 2.25. The molecule has 2 aliphatic rings. The predicted octanol–water partition coefficient (Wildman–Crippen LogP) is 1.05. The summed E-state index contributed by atoms with van der Waals surface area (Å²) in [5.41, 5.74) is 0. The van der Waals surface area contributed by atoms with Crippen molar-refractivity contribution in [3.05, 3.63) is 0 Å². The van der Waals surface area contributed by atoms with E-state index in [2.05, 4.69) is 10.2 Å². The first kappa shape index (κ1) is 16.7. The number of likely N-dealkylation sites (tertiary alicyclic amines) is 1. The number of amides is 1. The summed E-state index contributed by atoms with van der Waals surface area (Å²) in [5.74, 6) is 1.28. The minimum Gasteiger partial charge on any atom is -0.356 e. The molecular weight excluding hydrogens is 288 g/mol. The highest BCUT2D eigenvalue weighted by molar-refractivity contribution is 7.90. The molecule has 0 unspecified atom stereocenters. The molecule has 0 spiro atoms. The zero-order chi connectivity index (χ0) is 15.3. The number of hydrogen-bond donors (Lipinski definition) is 1. The van der Waals surface area contributed by atoms with Gasteiger partial charge in [0.25, 0.3) is 0 Å². The van der Waals surface area contributed by atoms with E-state index in [1.165, 1.54) is 19.1 Å². The molecule has 1 heterocycles. The van der Waals surface area contributed by atoms with E-state index < -0.39 is 9.84 Å². The molecule has 0 aromatic heterocycles. The second-order valence-corrected chi connectivity index (χ2v) is 8.90. The Morgan fingerprint density at radius 1 is 1.14 bits per heavy atom. The van der Waals surface area contributed by atoms with Crippen molar-refractivity contribution in [2.24, 2.45) is 11.8 Å². The molecule has 0 bridgehead atoms. The zero-order valence-electron chi connectivity index (χ0n) is 13.0. The van der Waals surface area contributed by atoms with Crippen LogP contribution in [0, 0.1) is 11.8 Å². The van der Waals surface area contributed by atoms with E-state index in [-0.39, 0.29) is 17.6 Å². The molecule has 1 aliphatic heterocycles. The standard InChI is InChI=1S/C15H28N2O3S/c1-21(19,20)11-10-17-8-6-13(7-9-17)12-16-15(18)14-4-2-3-5-14/h13-14H,2-12H2,1H3,(H,16,18). The summed E-state index contributed by atoms with van der Waals surface area (Å²) in [6.07, 6.45) is 7.88. The number of rotatable bonds is 6. The van der Waals surface area contributed by atoms with Gasteiger partial charge in [-0.1, -0.05) is 12.8 Å². The van der Waals surface area contributed by atoms with Crippen LogP contribution in [0.25, 0.3) is 0 Å². The molecule has 0 aromatic carbocycles.